The van der Waals surface area contributed by atoms with E-state index in [1.165, 1.54) is 11.1 Å². The SMILES string of the molecule is CC(C)Cc1ccc(NCc2cccc(N)c2)cc1. The Balaban J connectivity index is 1.93. The minimum atomic E-state index is 0.700. The first-order chi connectivity index (χ1) is 9.13. The highest BCUT2D eigenvalue weighted by Crippen LogP contribution is 2.14. The summed E-state index contributed by atoms with van der Waals surface area (Å²) >= 11 is 0. The number of benzene rings is 2. The molecule has 2 nitrogen and oxygen atoms in total. The molecule has 0 amide bonds. The van der Waals surface area contributed by atoms with E-state index < -0.39 is 0 Å². The van der Waals surface area contributed by atoms with Crippen molar-refractivity contribution in [3.63, 3.8) is 0 Å². The second kappa shape index (κ2) is 6.28. The minimum absolute atomic E-state index is 0.700. The van der Waals surface area contributed by atoms with Gasteiger partial charge in [-0.05, 0) is 47.7 Å². The highest BCUT2D eigenvalue weighted by atomic mass is 14.9. The lowest BCUT2D eigenvalue weighted by Gasteiger charge is -2.09. The van der Waals surface area contributed by atoms with Gasteiger partial charge in [-0.25, -0.2) is 0 Å². The Morgan fingerprint density at radius 2 is 1.74 bits per heavy atom. The van der Waals surface area contributed by atoms with Gasteiger partial charge in [-0.15, -0.1) is 0 Å². The molecule has 0 bridgehead atoms. The molecule has 2 heteroatoms. The van der Waals surface area contributed by atoms with Crippen LogP contribution in [-0.4, -0.2) is 0 Å². The Morgan fingerprint density at radius 3 is 2.37 bits per heavy atom. The molecular formula is C17H22N2. The van der Waals surface area contributed by atoms with Crippen LogP contribution in [0.2, 0.25) is 0 Å². The van der Waals surface area contributed by atoms with Crippen molar-refractivity contribution >= 4 is 11.4 Å². The molecule has 100 valence electrons. The molecule has 0 atom stereocenters. The fourth-order valence-corrected chi connectivity index (χ4v) is 2.14. The molecule has 0 heterocycles. The van der Waals surface area contributed by atoms with Gasteiger partial charge >= 0.3 is 0 Å². The first-order valence-electron chi connectivity index (χ1n) is 6.81. The van der Waals surface area contributed by atoms with Gasteiger partial charge < -0.3 is 11.1 Å². The van der Waals surface area contributed by atoms with E-state index in [1.54, 1.807) is 0 Å². The second-order valence-corrected chi connectivity index (χ2v) is 5.39. The van der Waals surface area contributed by atoms with E-state index in [1.807, 2.05) is 18.2 Å². The van der Waals surface area contributed by atoms with Crippen molar-refractivity contribution in [3.05, 3.63) is 59.7 Å². The fraction of sp³-hybridized carbons (Fsp3) is 0.294. The average molecular weight is 254 g/mol. The van der Waals surface area contributed by atoms with E-state index in [-0.39, 0.29) is 0 Å². The third kappa shape index (κ3) is 4.32. The molecule has 2 rings (SSSR count). The summed E-state index contributed by atoms with van der Waals surface area (Å²) in [5.74, 6) is 0.700. The predicted molar refractivity (Wildman–Crippen MR) is 83.2 cm³/mol. The first kappa shape index (κ1) is 13.5. The molecule has 0 radical (unpaired) electrons. The molecule has 3 N–H and O–H groups in total. The zero-order chi connectivity index (χ0) is 13.7. The molecule has 2 aromatic carbocycles. The topological polar surface area (TPSA) is 38.0 Å². The molecule has 0 aliphatic heterocycles. The molecule has 0 spiro atoms. The van der Waals surface area contributed by atoms with Crippen molar-refractivity contribution in [1.82, 2.24) is 0 Å². The Kier molecular flexibility index (Phi) is 4.45. The number of hydrogen-bond donors (Lipinski definition) is 2. The zero-order valence-corrected chi connectivity index (χ0v) is 11.7. The Hall–Kier alpha value is -1.96. The molecule has 0 saturated carbocycles. The Labute approximate surface area is 115 Å². The normalized spacial score (nSPS) is 10.7. The van der Waals surface area contributed by atoms with Crippen LogP contribution in [0.4, 0.5) is 11.4 Å². The third-order valence-electron chi connectivity index (χ3n) is 3.05. The van der Waals surface area contributed by atoms with Crippen molar-refractivity contribution in [2.45, 2.75) is 26.8 Å². The Morgan fingerprint density at radius 1 is 1.00 bits per heavy atom. The van der Waals surface area contributed by atoms with E-state index in [9.17, 15) is 0 Å². The average Bonchev–Trinajstić information content (AvgIpc) is 2.37. The number of nitrogen functional groups attached to an aromatic ring is 1. The number of anilines is 2. The lowest BCUT2D eigenvalue weighted by molar-refractivity contribution is 0.647. The largest absolute Gasteiger partial charge is 0.399 e. The molecule has 2 aromatic rings. The highest BCUT2D eigenvalue weighted by molar-refractivity contribution is 5.47. The number of nitrogens with two attached hydrogens (primary N) is 1. The first-order valence-corrected chi connectivity index (χ1v) is 6.81. The molecule has 0 saturated heterocycles. The van der Waals surface area contributed by atoms with Gasteiger partial charge in [0.15, 0.2) is 0 Å². The molecular weight excluding hydrogens is 232 g/mol. The van der Waals surface area contributed by atoms with Crippen LogP contribution >= 0.6 is 0 Å². The summed E-state index contributed by atoms with van der Waals surface area (Å²) in [6.07, 6.45) is 1.13. The molecule has 0 fully saturated rings. The standard InChI is InChI=1S/C17H22N2/c1-13(2)10-14-6-8-17(9-7-14)19-12-15-4-3-5-16(18)11-15/h3-9,11,13,19H,10,12,18H2,1-2H3. The van der Waals surface area contributed by atoms with Crippen molar-refractivity contribution in [2.24, 2.45) is 5.92 Å². The van der Waals surface area contributed by atoms with Crippen LogP contribution in [0.3, 0.4) is 0 Å². The maximum Gasteiger partial charge on any atom is 0.0401 e. The van der Waals surface area contributed by atoms with Gasteiger partial charge in [0.2, 0.25) is 0 Å². The van der Waals surface area contributed by atoms with Crippen LogP contribution in [0.1, 0.15) is 25.0 Å². The zero-order valence-electron chi connectivity index (χ0n) is 11.7. The van der Waals surface area contributed by atoms with Crippen LogP contribution in [0.15, 0.2) is 48.5 Å². The van der Waals surface area contributed by atoms with Gasteiger partial charge in [0.25, 0.3) is 0 Å². The smallest absolute Gasteiger partial charge is 0.0401 e. The molecule has 0 aliphatic carbocycles. The van der Waals surface area contributed by atoms with E-state index >= 15 is 0 Å². The van der Waals surface area contributed by atoms with Crippen molar-refractivity contribution < 1.29 is 0 Å². The van der Waals surface area contributed by atoms with Gasteiger partial charge in [-0.3, -0.25) is 0 Å². The summed E-state index contributed by atoms with van der Waals surface area (Å²) in [4.78, 5) is 0. The third-order valence-corrected chi connectivity index (χ3v) is 3.05. The van der Waals surface area contributed by atoms with Gasteiger partial charge in [-0.2, -0.15) is 0 Å². The van der Waals surface area contributed by atoms with Crippen molar-refractivity contribution in [2.75, 3.05) is 11.1 Å². The summed E-state index contributed by atoms with van der Waals surface area (Å²) < 4.78 is 0. The molecule has 19 heavy (non-hydrogen) atoms. The summed E-state index contributed by atoms with van der Waals surface area (Å²) in [7, 11) is 0. The predicted octanol–water partition coefficient (Wildman–Crippen LogP) is 4.08. The lowest BCUT2D eigenvalue weighted by Crippen LogP contribution is -2.00. The van der Waals surface area contributed by atoms with E-state index in [0.29, 0.717) is 5.92 Å². The molecule has 0 aromatic heterocycles. The summed E-state index contributed by atoms with van der Waals surface area (Å²) in [5.41, 5.74) is 10.3. The summed E-state index contributed by atoms with van der Waals surface area (Å²) in [5, 5.41) is 3.41. The van der Waals surface area contributed by atoms with Crippen LogP contribution < -0.4 is 11.1 Å². The van der Waals surface area contributed by atoms with Gasteiger partial charge in [0.05, 0.1) is 0 Å². The quantitative estimate of drug-likeness (QED) is 0.789. The van der Waals surface area contributed by atoms with E-state index in [4.69, 9.17) is 5.73 Å². The minimum Gasteiger partial charge on any atom is -0.399 e. The van der Waals surface area contributed by atoms with Crippen LogP contribution in [0.5, 0.6) is 0 Å². The molecule has 0 unspecified atom stereocenters. The fourth-order valence-electron chi connectivity index (χ4n) is 2.14. The monoisotopic (exact) mass is 254 g/mol. The van der Waals surface area contributed by atoms with Gasteiger partial charge in [0.1, 0.15) is 0 Å². The van der Waals surface area contributed by atoms with Crippen LogP contribution in [0, 0.1) is 5.92 Å². The number of hydrogen-bond acceptors (Lipinski definition) is 2. The number of nitrogens with one attached hydrogen (secondary N) is 1. The van der Waals surface area contributed by atoms with E-state index in [2.05, 4.69) is 49.5 Å². The van der Waals surface area contributed by atoms with Gasteiger partial charge in [0, 0.05) is 17.9 Å². The summed E-state index contributed by atoms with van der Waals surface area (Å²) in [6.45, 7) is 5.28. The van der Waals surface area contributed by atoms with E-state index in [0.717, 1.165) is 24.3 Å². The molecule has 0 aliphatic rings. The second-order valence-electron chi connectivity index (χ2n) is 5.39. The Bertz CT molecular complexity index is 515. The van der Waals surface area contributed by atoms with Crippen LogP contribution in [-0.2, 0) is 13.0 Å². The van der Waals surface area contributed by atoms with Crippen molar-refractivity contribution in [3.8, 4) is 0 Å². The van der Waals surface area contributed by atoms with Crippen molar-refractivity contribution in [1.29, 1.82) is 0 Å². The highest BCUT2D eigenvalue weighted by Gasteiger charge is 1.98. The maximum absolute atomic E-state index is 5.77. The van der Waals surface area contributed by atoms with Gasteiger partial charge in [-0.1, -0.05) is 38.1 Å². The number of rotatable bonds is 5. The lowest BCUT2D eigenvalue weighted by atomic mass is 10.0. The maximum atomic E-state index is 5.77. The van der Waals surface area contributed by atoms with Crippen LogP contribution in [0.25, 0.3) is 0 Å². The summed E-state index contributed by atoms with van der Waals surface area (Å²) in [6, 6.07) is 16.6.